The Morgan fingerprint density at radius 3 is 2.81 bits per heavy atom. The molecule has 0 aliphatic carbocycles. The van der Waals surface area contributed by atoms with Gasteiger partial charge in [-0.15, -0.1) is 0 Å². The van der Waals surface area contributed by atoms with Crippen molar-refractivity contribution in [2.45, 2.75) is 32.0 Å². The Morgan fingerprint density at radius 2 is 2.07 bits per heavy atom. The molecule has 27 heavy (non-hydrogen) atoms. The van der Waals surface area contributed by atoms with Crippen molar-refractivity contribution in [2.24, 2.45) is 0 Å². The largest absolute Gasteiger partial charge is 0.356 e. The summed E-state index contributed by atoms with van der Waals surface area (Å²) >= 11 is 9.42. The van der Waals surface area contributed by atoms with E-state index in [-0.39, 0.29) is 12.1 Å². The maximum absolute atomic E-state index is 12.8. The molecule has 7 heteroatoms. The molecular formula is C20H19BrClN3O2. The smallest absolute Gasteiger partial charge is 0.272 e. The van der Waals surface area contributed by atoms with Crippen molar-refractivity contribution in [1.82, 2.24) is 15.1 Å². The van der Waals surface area contributed by atoms with Crippen LogP contribution in [0.1, 0.15) is 41.5 Å². The van der Waals surface area contributed by atoms with Gasteiger partial charge >= 0.3 is 0 Å². The molecule has 2 aromatic carbocycles. The summed E-state index contributed by atoms with van der Waals surface area (Å²) in [5, 5.41) is 9.06. The number of benzene rings is 2. The zero-order valence-corrected chi connectivity index (χ0v) is 17.0. The third-order valence-corrected chi connectivity index (χ3v) is 5.42. The van der Waals surface area contributed by atoms with Crippen molar-refractivity contribution in [2.75, 3.05) is 6.61 Å². The van der Waals surface area contributed by atoms with Gasteiger partial charge in [-0.25, -0.2) is 4.68 Å². The Morgan fingerprint density at radius 1 is 1.26 bits per heavy atom. The van der Waals surface area contributed by atoms with Gasteiger partial charge in [0.2, 0.25) is 0 Å². The van der Waals surface area contributed by atoms with Crippen LogP contribution in [0.4, 0.5) is 0 Å². The molecular weight excluding hydrogens is 430 g/mol. The zero-order chi connectivity index (χ0) is 18.8. The second-order valence-corrected chi connectivity index (χ2v) is 7.94. The van der Waals surface area contributed by atoms with Gasteiger partial charge in [-0.1, -0.05) is 39.7 Å². The van der Waals surface area contributed by atoms with Crippen molar-refractivity contribution in [3.05, 3.63) is 63.2 Å². The maximum Gasteiger partial charge on any atom is 0.272 e. The van der Waals surface area contributed by atoms with Gasteiger partial charge in [-0.3, -0.25) is 4.79 Å². The molecule has 1 aliphatic rings. The predicted octanol–water partition coefficient (Wildman–Crippen LogP) is 5.08. The minimum atomic E-state index is -0.202. The highest BCUT2D eigenvalue weighted by Gasteiger charge is 2.23. The molecule has 4 rings (SSSR count). The van der Waals surface area contributed by atoms with Gasteiger partial charge in [0, 0.05) is 28.0 Å². The quantitative estimate of drug-likeness (QED) is 0.605. The van der Waals surface area contributed by atoms with Crippen molar-refractivity contribution in [3.63, 3.8) is 0 Å². The van der Waals surface area contributed by atoms with Gasteiger partial charge in [0.05, 0.1) is 5.52 Å². The summed E-state index contributed by atoms with van der Waals surface area (Å²) in [5.74, 6) is -0.202. The minimum Gasteiger partial charge on any atom is -0.356 e. The molecule has 1 amide bonds. The highest BCUT2D eigenvalue weighted by Crippen LogP contribution is 2.30. The minimum absolute atomic E-state index is 0.131. The molecule has 1 aromatic heterocycles. The van der Waals surface area contributed by atoms with Crippen LogP contribution in [0.2, 0.25) is 5.02 Å². The van der Waals surface area contributed by atoms with Gasteiger partial charge in [-0.05, 0) is 55.2 Å². The molecule has 1 fully saturated rings. The Kier molecular flexibility index (Phi) is 5.48. The number of rotatable bonds is 4. The molecule has 1 saturated heterocycles. The second kappa shape index (κ2) is 8.00. The van der Waals surface area contributed by atoms with Crippen molar-refractivity contribution in [1.29, 1.82) is 0 Å². The van der Waals surface area contributed by atoms with E-state index in [0.717, 1.165) is 46.8 Å². The lowest BCUT2D eigenvalue weighted by Gasteiger charge is -2.23. The van der Waals surface area contributed by atoms with Crippen LogP contribution in [0.25, 0.3) is 10.9 Å². The number of aromatic nitrogens is 2. The molecule has 0 bridgehead atoms. The molecule has 2 heterocycles. The summed E-state index contributed by atoms with van der Waals surface area (Å²) < 4.78 is 8.67. The average Bonchev–Trinajstić information content (AvgIpc) is 3.07. The van der Waals surface area contributed by atoms with E-state index in [4.69, 9.17) is 16.3 Å². The number of amides is 1. The lowest BCUT2D eigenvalue weighted by Crippen LogP contribution is -2.24. The lowest BCUT2D eigenvalue weighted by atomic mass is 10.1. The molecule has 0 radical (unpaired) electrons. The van der Waals surface area contributed by atoms with Crippen LogP contribution < -0.4 is 5.32 Å². The van der Waals surface area contributed by atoms with Gasteiger partial charge in [0.15, 0.2) is 11.9 Å². The first-order valence-electron chi connectivity index (χ1n) is 8.94. The Labute approximate surface area is 170 Å². The van der Waals surface area contributed by atoms with E-state index < -0.39 is 0 Å². The zero-order valence-electron chi connectivity index (χ0n) is 14.6. The topological polar surface area (TPSA) is 56.2 Å². The van der Waals surface area contributed by atoms with E-state index in [1.165, 1.54) is 0 Å². The van der Waals surface area contributed by atoms with Gasteiger partial charge < -0.3 is 10.1 Å². The van der Waals surface area contributed by atoms with Gasteiger partial charge in [0.1, 0.15) is 0 Å². The molecule has 1 unspecified atom stereocenters. The van der Waals surface area contributed by atoms with Crippen LogP contribution in [0.3, 0.4) is 0 Å². The van der Waals surface area contributed by atoms with Crippen molar-refractivity contribution >= 4 is 44.3 Å². The van der Waals surface area contributed by atoms with E-state index in [0.29, 0.717) is 17.3 Å². The van der Waals surface area contributed by atoms with Gasteiger partial charge in [-0.2, -0.15) is 5.10 Å². The number of carbonyl (C=O) groups is 1. The summed E-state index contributed by atoms with van der Waals surface area (Å²) in [6.07, 6.45) is 2.93. The maximum atomic E-state index is 12.8. The monoisotopic (exact) mass is 447 g/mol. The Balaban J connectivity index is 1.62. The SMILES string of the molecule is O=C(NCc1ccc(Cl)cc1)c1nn(C2CCCCO2)c2cc(Br)ccc12. The Hall–Kier alpha value is -1.89. The molecule has 3 aromatic rings. The van der Waals surface area contributed by atoms with Crippen LogP contribution >= 0.6 is 27.5 Å². The third-order valence-electron chi connectivity index (χ3n) is 4.68. The summed E-state index contributed by atoms with van der Waals surface area (Å²) in [7, 11) is 0. The number of carbonyl (C=O) groups excluding carboxylic acids is 1. The molecule has 1 atom stereocenters. The normalized spacial score (nSPS) is 17.2. The first kappa shape index (κ1) is 18.5. The van der Waals surface area contributed by atoms with E-state index in [2.05, 4.69) is 26.3 Å². The summed E-state index contributed by atoms with van der Waals surface area (Å²) in [6.45, 7) is 1.14. The average molecular weight is 449 g/mol. The third kappa shape index (κ3) is 4.03. The first-order chi connectivity index (χ1) is 13.1. The van der Waals surface area contributed by atoms with Crippen LogP contribution in [0.5, 0.6) is 0 Å². The lowest BCUT2D eigenvalue weighted by molar-refractivity contribution is -0.0368. The molecule has 1 aliphatic heterocycles. The van der Waals surface area contributed by atoms with Gasteiger partial charge in [0.25, 0.3) is 5.91 Å². The van der Waals surface area contributed by atoms with Crippen LogP contribution in [-0.2, 0) is 11.3 Å². The summed E-state index contributed by atoms with van der Waals surface area (Å²) in [4.78, 5) is 12.8. The van der Waals surface area contributed by atoms with Crippen molar-refractivity contribution in [3.8, 4) is 0 Å². The molecule has 5 nitrogen and oxygen atoms in total. The molecule has 1 N–H and O–H groups in total. The number of hydrogen-bond acceptors (Lipinski definition) is 3. The standard InChI is InChI=1S/C20H19BrClN3O2/c21-14-6-9-16-17(11-14)25(18-3-1-2-10-27-18)24-19(16)20(26)23-12-13-4-7-15(22)8-5-13/h4-9,11,18H,1-3,10,12H2,(H,23,26). The van der Waals surface area contributed by atoms with E-state index in [9.17, 15) is 4.79 Å². The number of hydrogen-bond donors (Lipinski definition) is 1. The predicted molar refractivity (Wildman–Crippen MR) is 109 cm³/mol. The highest BCUT2D eigenvalue weighted by molar-refractivity contribution is 9.10. The van der Waals surface area contributed by atoms with E-state index in [1.807, 2.05) is 47.1 Å². The van der Waals surface area contributed by atoms with E-state index >= 15 is 0 Å². The number of nitrogens with one attached hydrogen (secondary N) is 1. The number of ether oxygens (including phenoxy) is 1. The van der Waals surface area contributed by atoms with Crippen molar-refractivity contribution < 1.29 is 9.53 Å². The van der Waals surface area contributed by atoms with Crippen LogP contribution in [0, 0.1) is 0 Å². The van der Waals surface area contributed by atoms with Crippen LogP contribution in [-0.4, -0.2) is 22.3 Å². The van der Waals surface area contributed by atoms with Crippen LogP contribution in [0.15, 0.2) is 46.9 Å². The molecule has 140 valence electrons. The number of nitrogens with zero attached hydrogens (tertiary/aromatic N) is 2. The summed E-state index contributed by atoms with van der Waals surface area (Å²) in [5.41, 5.74) is 2.29. The summed E-state index contributed by atoms with van der Waals surface area (Å²) in [6, 6.07) is 13.2. The number of halogens is 2. The second-order valence-electron chi connectivity index (χ2n) is 6.59. The molecule has 0 spiro atoms. The fourth-order valence-corrected chi connectivity index (χ4v) is 3.76. The Bertz CT molecular complexity index is 965. The molecule has 0 saturated carbocycles. The first-order valence-corrected chi connectivity index (χ1v) is 10.1. The van der Waals surface area contributed by atoms with E-state index in [1.54, 1.807) is 0 Å². The fraction of sp³-hybridized carbons (Fsp3) is 0.300. The fourth-order valence-electron chi connectivity index (χ4n) is 3.28. The highest BCUT2D eigenvalue weighted by atomic mass is 79.9. The number of fused-ring (bicyclic) bond motifs is 1.